The lowest BCUT2D eigenvalue weighted by Gasteiger charge is -2.12. The third-order valence-corrected chi connectivity index (χ3v) is 5.52. The molecule has 0 saturated carbocycles. The van der Waals surface area contributed by atoms with E-state index in [1.54, 1.807) is 36.4 Å². The van der Waals surface area contributed by atoms with Gasteiger partial charge in [0, 0.05) is 5.56 Å². The van der Waals surface area contributed by atoms with E-state index in [0.717, 1.165) is 12.8 Å². The first kappa shape index (κ1) is 22.9. The summed E-state index contributed by atoms with van der Waals surface area (Å²) in [4.78, 5) is 12.4. The molecule has 0 fully saturated rings. The van der Waals surface area contributed by atoms with Crippen molar-refractivity contribution < 1.29 is 9.53 Å². The highest BCUT2D eigenvalue weighted by Crippen LogP contribution is 2.29. The van der Waals surface area contributed by atoms with Crippen LogP contribution in [0, 0.1) is 0 Å². The Morgan fingerprint density at radius 3 is 2.68 bits per heavy atom. The molecule has 4 nitrogen and oxygen atoms in total. The summed E-state index contributed by atoms with van der Waals surface area (Å²) in [5, 5.41) is 6.35. The van der Waals surface area contributed by atoms with Crippen LogP contribution in [0.5, 0.6) is 5.75 Å². The van der Waals surface area contributed by atoms with E-state index in [9.17, 15) is 4.79 Å². The van der Waals surface area contributed by atoms with Crippen molar-refractivity contribution in [3.05, 3.63) is 56.5 Å². The van der Waals surface area contributed by atoms with Crippen molar-refractivity contribution >= 4 is 68.1 Å². The third kappa shape index (κ3) is 6.92. The van der Waals surface area contributed by atoms with Gasteiger partial charge >= 0.3 is 0 Å². The van der Waals surface area contributed by atoms with Gasteiger partial charge in [0.2, 0.25) is 0 Å². The van der Waals surface area contributed by atoms with Gasteiger partial charge in [0.15, 0.2) is 5.11 Å². The number of unbranched alkanes of at least 4 members (excludes halogenated alkanes) is 3. The van der Waals surface area contributed by atoms with Gasteiger partial charge in [0.25, 0.3) is 5.91 Å². The molecule has 0 aliphatic rings. The average Bonchev–Trinajstić information content (AvgIpc) is 2.66. The highest BCUT2D eigenvalue weighted by Gasteiger charge is 2.12. The Hall–Kier alpha value is -1.34. The minimum atomic E-state index is -0.342. The SMILES string of the molecule is CCCCCCOc1ccc(C(=O)NC(=S)Nc2cccc(Cl)c2Cl)cc1Br. The Bertz CT molecular complexity index is 849. The highest BCUT2D eigenvalue weighted by atomic mass is 79.9. The smallest absolute Gasteiger partial charge is 0.257 e. The second-order valence-electron chi connectivity index (χ2n) is 6.06. The molecule has 28 heavy (non-hydrogen) atoms. The van der Waals surface area contributed by atoms with Gasteiger partial charge in [-0.05, 0) is 64.9 Å². The summed E-state index contributed by atoms with van der Waals surface area (Å²) in [6.07, 6.45) is 4.55. The zero-order valence-electron chi connectivity index (χ0n) is 15.4. The zero-order chi connectivity index (χ0) is 20.5. The van der Waals surface area contributed by atoms with Gasteiger partial charge < -0.3 is 10.1 Å². The molecule has 0 heterocycles. The fraction of sp³-hybridized carbons (Fsp3) is 0.300. The fourth-order valence-electron chi connectivity index (χ4n) is 2.40. The summed E-state index contributed by atoms with van der Waals surface area (Å²) in [6, 6.07) is 10.3. The number of hydrogen-bond acceptors (Lipinski definition) is 3. The minimum absolute atomic E-state index is 0.126. The van der Waals surface area contributed by atoms with Crippen LogP contribution in [0.2, 0.25) is 10.0 Å². The molecule has 0 saturated heterocycles. The maximum atomic E-state index is 12.4. The summed E-state index contributed by atoms with van der Waals surface area (Å²) in [5.41, 5.74) is 0.971. The van der Waals surface area contributed by atoms with Crippen molar-refractivity contribution in [1.82, 2.24) is 5.32 Å². The largest absolute Gasteiger partial charge is 0.492 e. The predicted octanol–water partition coefficient (Wildman–Crippen LogP) is 6.84. The van der Waals surface area contributed by atoms with Crippen molar-refractivity contribution in [1.29, 1.82) is 0 Å². The average molecular weight is 504 g/mol. The number of nitrogens with one attached hydrogen (secondary N) is 2. The van der Waals surface area contributed by atoms with E-state index in [-0.39, 0.29) is 11.0 Å². The molecule has 0 spiro atoms. The quantitative estimate of drug-likeness (QED) is 0.305. The van der Waals surface area contributed by atoms with Crippen molar-refractivity contribution in [3.63, 3.8) is 0 Å². The second kappa shape index (κ2) is 11.6. The predicted molar refractivity (Wildman–Crippen MR) is 124 cm³/mol. The first-order valence-corrected chi connectivity index (χ1v) is 10.9. The van der Waals surface area contributed by atoms with E-state index in [4.69, 9.17) is 40.2 Å². The lowest BCUT2D eigenvalue weighted by Crippen LogP contribution is -2.34. The number of ether oxygens (including phenoxy) is 1. The van der Waals surface area contributed by atoms with Crippen LogP contribution in [-0.2, 0) is 0 Å². The number of rotatable bonds is 8. The number of hydrogen-bond donors (Lipinski definition) is 2. The van der Waals surface area contributed by atoms with Crippen molar-refractivity contribution in [2.24, 2.45) is 0 Å². The lowest BCUT2D eigenvalue weighted by molar-refractivity contribution is 0.0977. The highest BCUT2D eigenvalue weighted by molar-refractivity contribution is 9.10. The Kier molecular flexibility index (Phi) is 9.51. The summed E-state index contributed by atoms with van der Waals surface area (Å²) in [5.74, 6) is 0.366. The summed E-state index contributed by atoms with van der Waals surface area (Å²) < 4.78 is 6.47. The number of halogens is 3. The zero-order valence-corrected chi connectivity index (χ0v) is 19.3. The number of carbonyl (C=O) groups excluding carboxylic acids is 1. The Labute approximate surface area is 189 Å². The van der Waals surface area contributed by atoms with Gasteiger partial charge in [-0.15, -0.1) is 0 Å². The van der Waals surface area contributed by atoms with Gasteiger partial charge in [-0.2, -0.15) is 0 Å². The van der Waals surface area contributed by atoms with Crippen LogP contribution < -0.4 is 15.4 Å². The molecule has 0 bridgehead atoms. The van der Waals surface area contributed by atoms with Gasteiger partial charge in [0.1, 0.15) is 5.75 Å². The number of anilines is 1. The van der Waals surface area contributed by atoms with E-state index < -0.39 is 0 Å². The Morgan fingerprint density at radius 2 is 1.96 bits per heavy atom. The number of carbonyl (C=O) groups is 1. The monoisotopic (exact) mass is 502 g/mol. The third-order valence-electron chi connectivity index (χ3n) is 3.88. The molecule has 2 aromatic carbocycles. The molecule has 8 heteroatoms. The Morgan fingerprint density at radius 1 is 1.18 bits per heavy atom. The summed E-state index contributed by atoms with van der Waals surface area (Å²) in [7, 11) is 0. The van der Waals surface area contributed by atoms with Crippen LogP contribution in [0.3, 0.4) is 0 Å². The van der Waals surface area contributed by atoms with Gasteiger partial charge in [-0.1, -0.05) is 55.5 Å². The van der Waals surface area contributed by atoms with E-state index in [1.165, 1.54) is 12.8 Å². The number of amides is 1. The summed E-state index contributed by atoms with van der Waals surface area (Å²) in [6.45, 7) is 2.82. The first-order chi connectivity index (χ1) is 13.4. The van der Waals surface area contributed by atoms with E-state index in [1.807, 2.05) is 0 Å². The molecule has 0 atom stereocenters. The maximum absolute atomic E-state index is 12.4. The molecule has 1 amide bonds. The first-order valence-electron chi connectivity index (χ1n) is 8.91. The second-order valence-corrected chi connectivity index (χ2v) is 8.11. The molecule has 2 N–H and O–H groups in total. The van der Waals surface area contributed by atoms with Crippen LogP contribution in [0.25, 0.3) is 0 Å². The van der Waals surface area contributed by atoms with Gasteiger partial charge in [0.05, 0.1) is 26.8 Å². The molecule has 0 aliphatic heterocycles. The molecule has 2 rings (SSSR count). The fourth-order valence-corrected chi connectivity index (χ4v) is 3.44. The molecule has 2 aromatic rings. The Balaban J connectivity index is 1.92. The normalized spacial score (nSPS) is 10.4. The molecule has 0 aromatic heterocycles. The van der Waals surface area contributed by atoms with Crippen LogP contribution in [0.1, 0.15) is 43.0 Å². The maximum Gasteiger partial charge on any atom is 0.257 e. The number of thiocarbonyl (C=S) groups is 1. The molecule has 150 valence electrons. The molecule has 0 aliphatic carbocycles. The van der Waals surface area contributed by atoms with Crippen LogP contribution >= 0.6 is 51.3 Å². The van der Waals surface area contributed by atoms with E-state index in [2.05, 4.69) is 33.5 Å². The van der Waals surface area contributed by atoms with Crippen LogP contribution in [0.4, 0.5) is 5.69 Å². The van der Waals surface area contributed by atoms with Crippen LogP contribution in [-0.4, -0.2) is 17.6 Å². The summed E-state index contributed by atoms with van der Waals surface area (Å²) >= 11 is 20.7. The number of benzene rings is 2. The van der Waals surface area contributed by atoms with Crippen molar-refractivity contribution in [3.8, 4) is 5.75 Å². The van der Waals surface area contributed by atoms with Gasteiger partial charge in [-0.3, -0.25) is 10.1 Å². The van der Waals surface area contributed by atoms with E-state index >= 15 is 0 Å². The molecular weight excluding hydrogens is 483 g/mol. The lowest BCUT2D eigenvalue weighted by atomic mass is 10.2. The standard InChI is InChI=1S/C20H21BrCl2N2O2S/c1-2-3-4-5-11-27-17-10-9-13(12-14(17)21)19(26)25-20(28)24-16-8-6-7-15(22)18(16)23/h6-10,12H,2-5,11H2,1H3,(H2,24,25,26,28). The molecule has 0 radical (unpaired) electrons. The molecular formula is C20H21BrCl2N2O2S. The van der Waals surface area contributed by atoms with Crippen molar-refractivity contribution in [2.45, 2.75) is 32.6 Å². The minimum Gasteiger partial charge on any atom is -0.492 e. The van der Waals surface area contributed by atoms with Gasteiger partial charge in [-0.25, -0.2) is 0 Å². The van der Waals surface area contributed by atoms with Crippen molar-refractivity contribution in [2.75, 3.05) is 11.9 Å². The topological polar surface area (TPSA) is 50.4 Å². The van der Waals surface area contributed by atoms with Crippen LogP contribution in [0.15, 0.2) is 40.9 Å². The van der Waals surface area contributed by atoms with E-state index in [0.29, 0.717) is 38.1 Å². The molecule has 0 unspecified atom stereocenters.